The van der Waals surface area contributed by atoms with E-state index < -0.39 is 0 Å². The molecule has 0 spiro atoms. The summed E-state index contributed by atoms with van der Waals surface area (Å²) >= 11 is 0. The Morgan fingerprint density at radius 2 is 2.35 bits per heavy atom. The first-order valence-electron chi connectivity index (χ1n) is 5.82. The number of nitriles is 1. The smallest absolute Gasteiger partial charge is 0.179 e. The Balaban J connectivity index is 2.26. The predicted molar refractivity (Wildman–Crippen MR) is 64.8 cm³/mol. The maximum Gasteiger partial charge on any atom is 0.179 e. The van der Waals surface area contributed by atoms with E-state index >= 15 is 0 Å². The van der Waals surface area contributed by atoms with E-state index in [1.54, 1.807) is 0 Å². The van der Waals surface area contributed by atoms with Crippen molar-refractivity contribution in [1.29, 1.82) is 5.26 Å². The highest BCUT2D eigenvalue weighted by atomic mass is 16.1. The summed E-state index contributed by atoms with van der Waals surface area (Å²) in [4.78, 5) is 11.9. The van der Waals surface area contributed by atoms with E-state index in [9.17, 15) is 4.79 Å². The minimum absolute atomic E-state index is 0.0384. The van der Waals surface area contributed by atoms with Gasteiger partial charge in [-0.3, -0.25) is 4.79 Å². The quantitative estimate of drug-likeness (QED) is 0.736. The zero-order valence-corrected chi connectivity index (χ0v) is 9.44. The van der Waals surface area contributed by atoms with Crippen molar-refractivity contribution in [3.8, 4) is 6.07 Å². The number of rotatable bonds is 2. The Hall–Kier alpha value is -2.08. The molecule has 1 aliphatic heterocycles. The third kappa shape index (κ3) is 1.45. The fourth-order valence-electron chi connectivity index (χ4n) is 2.64. The molecule has 0 bridgehead atoms. The Bertz CT molecular complexity index is 646. The number of benzene rings is 1. The first-order chi connectivity index (χ1) is 8.31. The lowest BCUT2D eigenvalue weighted by Gasteiger charge is -2.14. The summed E-state index contributed by atoms with van der Waals surface area (Å²) in [5.74, 6) is -0.0738. The van der Waals surface area contributed by atoms with Gasteiger partial charge in [0.25, 0.3) is 0 Å². The standard InChI is InChI=1S/C14H12N2O/c15-7-6-13(17)12-9-16-8-2-4-10-3-1-5-11(12)14(10)16/h1,3,5,9H,2,4,6,8H2. The van der Waals surface area contributed by atoms with E-state index in [0.29, 0.717) is 5.56 Å². The number of carbonyl (C=O) groups excluding carboxylic acids is 1. The van der Waals surface area contributed by atoms with Crippen LogP contribution in [0.1, 0.15) is 28.8 Å². The maximum absolute atomic E-state index is 11.9. The van der Waals surface area contributed by atoms with Gasteiger partial charge in [-0.05, 0) is 18.4 Å². The number of Topliss-reactive ketones (excluding diaryl/α,β-unsaturated/α-hetero) is 1. The van der Waals surface area contributed by atoms with Crippen molar-refractivity contribution in [1.82, 2.24) is 4.57 Å². The molecular formula is C14H12N2O. The van der Waals surface area contributed by atoms with Gasteiger partial charge in [-0.25, -0.2) is 0 Å². The Morgan fingerprint density at radius 1 is 1.47 bits per heavy atom. The molecule has 2 aromatic rings. The van der Waals surface area contributed by atoms with Crippen LogP contribution in [0, 0.1) is 11.3 Å². The number of aryl methyl sites for hydroxylation is 2. The second-order valence-electron chi connectivity index (χ2n) is 4.41. The molecule has 3 nitrogen and oxygen atoms in total. The second-order valence-corrected chi connectivity index (χ2v) is 4.41. The SMILES string of the molecule is N#CCC(=O)c1cn2c3c(cccc13)CCC2. The van der Waals surface area contributed by atoms with Crippen LogP contribution in [0.5, 0.6) is 0 Å². The first kappa shape index (κ1) is 10.1. The first-order valence-corrected chi connectivity index (χ1v) is 5.82. The Labute approximate surface area is 99.3 Å². The van der Waals surface area contributed by atoms with Gasteiger partial charge in [0.1, 0.15) is 0 Å². The third-order valence-corrected chi connectivity index (χ3v) is 3.37. The molecule has 17 heavy (non-hydrogen) atoms. The summed E-state index contributed by atoms with van der Waals surface area (Å²) in [6.07, 6.45) is 4.07. The van der Waals surface area contributed by atoms with Crippen molar-refractivity contribution in [3.05, 3.63) is 35.5 Å². The monoisotopic (exact) mass is 224 g/mol. The molecule has 0 atom stereocenters. The van der Waals surface area contributed by atoms with E-state index in [2.05, 4.69) is 10.6 Å². The number of ketones is 1. The topological polar surface area (TPSA) is 45.8 Å². The van der Waals surface area contributed by atoms with E-state index in [1.165, 1.54) is 11.1 Å². The van der Waals surface area contributed by atoms with Gasteiger partial charge in [0, 0.05) is 23.7 Å². The number of para-hydroxylation sites is 1. The fourth-order valence-corrected chi connectivity index (χ4v) is 2.64. The predicted octanol–water partition coefficient (Wildman–Crippen LogP) is 2.68. The van der Waals surface area contributed by atoms with Gasteiger partial charge in [0.15, 0.2) is 5.78 Å². The number of aromatic nitrogens is 1. The summed E-state index contributed by atoms with van der Waals surface area (Å²) in [7, 11) is 0. The molecule has 0 aliphatic carbocycles. The molecule has 0 N–H and O–H groups in total. The summed E-state index contributed by atoms with van der Waals surface area (Å²) in [5.41, 5.74) is 3.19. The zero-order valence-electron chi connectivity index (χ0n) is 9.44. The molecule has 0 amide bonds. The molecule has 0 saturated heterocycles. The lowest BCUT2D eigenvalue weighted by molar-refractivity contribution is 0.0999. The van der Waals surface area contributed by atoms with Gasteiger partial charge in [-0.2, -0.15) is 5.26 Å². The summed E-state index contributed by atoms with van der Waals surface area (Å²) < 4.78 is 2.15. The highest BCUT2D eigenvalue weighted by Gasteiger charge is 2.19. The van der Waals surface area contributed by atoms with Gasteiger partial charge in [0.2, 0.25) is 0 Å². The molecular weight excluding hydrogens is 212 g/mol. The average molecular weight is 224 g/mol. The van der Waals surface area contributed by atoms with Gasteiger partial charge in [0.05, 0.1) is 18.0 Å². The van der Waals surface area contributed by atoms with E-state index in [1.807, 2.05) is 24.4 Å². The highest BCUT2D eigenvalue weighted by Crippen LogP contribution is 2.29. The molecule has 0 radical (unpaired) electrons. The molecule has 3 heteroatoms. The minimum Gasteiger partial charge on any atom is -0.346 e. The van der Waals surface area contributed by atoms with Crippen molar-refractivity contribution >= 4 is 16.7 Å². The highest BCUT2D eigenvalue weighted by molar-refractivity contribution is 6.09. The number of hydrogen-bond acceptors (Lipinski definition) is 2. The average Bonchev–Trinajstić information content (AvgIpc) is 2.72. The van der Waals surface area contributed by atoms with Gasteiger partial charge in [-0.15, -0.1) is 0 Å². The largest absolute Gasteiger partial charge is 0.346 e. The van der Waals surface area contributed by atoms with Crippen LogP contribution in [0.2, 0.25) is 0 Å². The van der Waals surface area contributed by atoms with Gasteiger partial charge >= 0.3 is 0 Å². The van der Waals surface area contributed by atoms with Crippen LogP contribution in [0.3, 0.4) is 0 Å². The third-order valence-electron chi connectivity index (χ3n) is 3.37. The molecule has 0 fully saturated rings. The molecule has 0 saturated carbocycles. The van der Waals surface area contributed by atoms with Crippen molar-refractivity contribution < 1.29 is 4.79 Å². The van der Waals surface area contributed by atoms with Crippen molar-refractivity contribution in [3.63, 3.8) is 0 Å². The van der Waals surface area contributed by atoms with Crippen LogP contribution >= 0.6 is 0 Å². The summed E-state index contributed by atoms with van der Waals surface area (Å²) in [6, 6.07) is 8.02. The summed E-state index contributed by atoms with van der Waals surface area (Å²) in [6.45, 7) is 0.966. The van der Waals surface area contributed by atoms with E-state index in [4.69, 9.17) is 5.26 Å². The molecule has 3 rings (SSSR count). The maximum atomic E-state index is 11.9. The van der Waals surface area contributed by atoms with Crippen molar-refractivity contribution in [2.75, 3.05) is 0 Å². The van der Waals surface area contributed by atoms with E-state index in [-0.39, 0.29) is 12.2 Å². The normalized spacial score (nSPS) is 13.6. The molecule has 84 valence electrons. The Kier molecular flexibility index (Phi) is 2.22. The number of nitrogens with zero attached hydrogens (tertiary/aromatic N) is 2. The van der Waals surface area contributed by atoms with Crippen LogP contribution in [-0.2, 0) is 13.0 Å². The minimum atomic E-state index is -0.0738. The van der Waals surface area contributed by atoms with Crippen molar-refractivity contribution in [2.24, 2.45) is 0 Å². The fraction of sp³-hybridized carbons (Fsp3) is 0.286. The van der Waals surface area contributed by atoms with Crippen LogP contribution in [-0.4, -0.2) is 10.4 Å². The molecule has 1 aliphatic rings. The second kappa shape index (κ2) is 3.74. The number of carbonyl (C=O) groups is 1. The lowest BCUT2D eigenvalue weighted by atomic mass is 10.0. The molecule has 0 unspecified atom stereocenters. The number of hydrogen-bond donors (Lipinski definition) is 0. The van der Waals surface area contributed by atoms with E-state index in [0.717, 1.165) is 24.8 Å². The lowest BCUT2D eigenvalue weighted by Crippen LogP contribution is -2.05. The summed E-state index contributed by atoms with van der Waals surface area (Å²) in [5, 5.41) is 9.63. The van der Waals surface area contributed by atoms with Crippen molar-refractivity contribution in [2.45, 2.75) is 25.8 Å². The van der Waals surface area contributed by atoms with Gasteiger partial charge < -0.3 is 4.57 Å². The Morgan fingerprint density at radius 3 is 3.18 bits per heavy atom. The zero-order chi connectivity index (χ0) is 11.8. The van der Waals surface area contributed by atoms with Crippen LogP contribution in [0.15, 0.2) is 24.4 Å². The van der Waals surface area contributed by atoms with Gasteiger partial charge in [-0.1, -0.05) is 18.2 Å². The molecule has 1 aromatic heterocycles. The molecule has 2 heterocycles. The van der Waals surface area contributed by atoms with Crippen LogP contribution < -0.4 is 0 Å². The van der Waals surface area contributed by atoms with Crippen LogP contribution in [0.4, 0.5) is 0 Å². The van der Waals surface area contributed by atoms with Crippen LogP contribution in [0.25, 0.3) is 10.9 Å². The molecule has 1 aromatic carbocycles.